The molecule has 7 heteroatoms. The molecule has 3 rings (SSSR count). The van der Waals surface area contributed by atoms with Gasteiger partial charge in [0.15, 0.2) is 0 Å². The topological polar surface area (TPSA) is 63.2 Å². The highest BCUT2D eigenvalue weighted by atomic mass is 32.2. The summed E-state index contributed by atoms with van der Waals surface area (Å²) in [4.78, 5) is 14.4. The summed E-state index contributed by atoms with van der Waals surface area (Å²) in [6.45, 7) is 0.192. The fourth-order valence-corrected chi connectivity index (χ4v) is 4.99. The monoisotopic (exact) mass is 377 g/mol. The van der Waals surface area contributed by atoms with E-state index in [2.05, 4.69) is 4.72 Å². The summed E-state index contributed by atoms with van der Waals surface area (Å²) in [5.74, 6) is -0.0754. The second-order valence-corrected chi connectivity index (χ2v) is 9.06. The van der Waals surface area contributed by atoms with E-state index in [9.17, 15) is 13.2 Å². The van der Waals surface area contributed by atoms with Crippen LogP contribution in [-0.2, 0) is 22.3 Å². The largest absolute Gasteiger partial charge is 0.287 e. The lowest BCUT2D eigenvalue weighted by Gasteiger charge is -2.05. The number of benzene rings is 1. The summed E-state index contributed by atoms with van der Waals surface area (Å²) in [5.41, 5.74) is 0.741. The van der Waals surface area contributed by atoms with Crippen molar-refractivity contribution >= 4 is 38.5 Å². The van der Waals surface area contributed by atoms with Crippen molar-refractivity contribution in [1.82, 2.24) is 4.72 Å². The van der Waals surface area contributed by atoms with Gasteiger partial charge in [0.1, 0.15) is 0 Å². The Morgan fingerprint density at radius 3 is 2.46 bits per heavy atom. The van der Waals surface area contributed by atoms with E-state index in [4.69, 9.17) is 0 Å². The molecule has 0 unspecified atom stereocenters. The number of carbonyl (C=O) groups is 1. The van der Waals surface area contributed by atoms with Crippen molar-refractivity contribution in [3.05, 3.63) is 80.2 Å². The highest BCUT2D eigenvalue weighted by Gasteiger charge is 2.15. The highest BCUT2D eigenvalue weighted by Crippen LogP contribution is 2.22. The van der Waals surface area contributed by atoms with Crippen LogP contribution in [0.1, 0.15) is 25.0 Å². The van der Waals surface area contributed by atoms with Crippen molar-refractivity contribution in [2.75, 3.05) is 0 Å². The van der Waals surface area contributed by atoms with Gasteiger partial charge in [-0.25, -0.2) is 13.1 Å². The van der Waals surface area contributed by atoms with Crippen molar-refractivity contribution in [1.29, 1.82) is 0 Å². The fraction of sp³-hybridized carbons (Fsp3) is 0.118. The molecular formula is C17H15NO3S3. The highest BCUT2D eigenvalue weighted by molar-refractivity contribution is 7.88. The minimum atomic E-state index is -3.41. The van der Waals surface area contributed by atoms with E-state index < -0.39 is 10.0 Å². The van der Waals surface area contributed by atoms with E-state index in [1.165, 1.54) is 22.7 Å². The predicted octanol–water partition coefficient (Wildman–Crippen LogP) is 3.66. The van der Waals surface area contributed by atoms with Gasteiger partial charge in [0.05, 0.1) is 15.5 Å². The van der Waals surface area contributed by atoms with E-state index >= 15 is 0 Å². The van der Waals surface area contributed by atoms with Crippen LogP contribution in [0.2, 0.25) is 0 Å². The maximum absolute atomic E-state index is 12.2. The summed E-state index contributed by atoms with van der Waals surface area (Å²) in [6, 6.07) is 16.2. The first-order chi connectivity index (χ1) is 11.5. The van der Waals surface area contributed by atoms with E-state index in [1.54, 1.807) is 30.3 Å². The van der Waals surface area contributed by atoms with Crippen LogP contribution in [-0.4, -0.2) is 14.2 Å². The molecule has 1 N–H and O–H groups in total. The molecule has 0 spiro atoms. The molecule has 0 aliphatic carbocycles. The molecule has 0 aliphatic heterocycles. The number of hydrogen-bond donors (Lipinski definition) is 1. The first-order valence-corrected chi connectivity index (χ1v) is 10.6. The third-order valence-corrected chi connectivity index (χ3v) is 6.55. The van der Waals surface area contributed by atoms with Crippen LogP contribution >= 0.6 is 22.7 Å². The Morgan fingerprint density at radius 2 is 1.75 bits per heavy atom. The summed E-state index contributed by atoms with van der Waals surface area (Å²) in [7, 11) is -3.41. The zero-order valence-corrected chi connectivity index (χ0v) is 15.1. The Balaban J connectivity index is 1.62. The zero-order chi connectivity index (χ0) is 17.0. The Bertz CT molecular complexity index is 913. The first-order valence-electron chi connectivity index (χ1n) is 7.22. The molecule has 0 saturated heterocycles. The molecule has 0 saturated carbocycles. The molecule has 2 heterocycles. The van der Waals surface area contributed by atoms with Crippen LogP contribution in [0.5, 0.6) is 0 Å². The van der Waals surface area contributed by atoms with Crippen molar-refractivity contribution in [2.24, 2.45) is 0 Å². The van der Waals surface area contributed by atoms with Crippen molar-refractivity contribution < 1.29 is 13.2 Å². The third-order valence-electron chi connectivity index (χ3n) is 3.30. The summed E-state index contributed by atoms with van der Waals surface area (Å²) >= 11 is 2.72. The lowest BCUT2D eigenvalue weighted by atomic mass is 10.2. The maximum Gasteiger partial charge on any atom is 0.216 e. The van der Waals surface area contributed by atoms with Gasteiger partial charge in [-0.15, -0.1) is 22.7 Å². The summed E-state index contributed by atoms with van der Waals surface area (Å²) < 4.78 is 26.8. The molecular weight excluding hydrogens is 362 g/mol. The first kappa shape index (κ1) is 17.0. The molecule has 24 heavy (non-hydrogen) atoms. The van der Waals surface area contributed by atoms with Crippen LogP contribution < -0.4 is 4.72 Å². The quantitative estimate of drug-likeness (QED) is 0.639. The maximum atomic E-state index is 12.2. The number of carbonyl (C=O) groups excluding carboxylic acids is 1. The Labute approximate surface area is 148 Å². The lowest BCUT2D eigenvalue weighted by Crippen LogP contribution is -2.24. The Kier molecular flexibility index (Phi) is 5.25. The van der Waals surface area contributed by atoms with Gasteiger partial charge in [-0.1, -0.05) is 36.4 Å². The second-order valence-electron chi connectivity index (χ2n) is 5.14. The standard InChI is InChI=1S/C17H15NO3S3/c19-17(15-7-4-10-22-15)16-9-8-14(23-16)11-18-24(20,21)12-13-5-2-1-3-6-13/h1-10,18H,11-12H2. The van der Waals surface area contributed by atoms with E-state index in [1.807, 2.05) is 29.6 Å². The van der Waals surface area contributed by atoms with Gasteiger partial charge in [-0.05, 0) is 29.1 Å². The van der Waals surface area contributed by atoms with Crippen molar-refractivity contribution in [3.63, 3.8) is 0 Å². The van der Waals surface area contributed by atoms with Crippen molar-refractivity contribution in [3.8, 4) is 0 Å². The number of nitrogens with one attached hydrogen (secondary N) is 1. The SMILES string of the molecule is O=C(c1cccs1)c1ccc(CNS(=O)(=O)Cc2ccccc2)s1. The molecule has 4 nitrogen and oxygen atoms in total. The van der Waals surface area contributed by atoms with Gasteiger partial charge >= 0.3 is 0 Å². The smallest absolute Gasteiger partial charge is 0.216 e. The molecule has 0 atom stereocenters. The molecule has 124 valence electrons. The van der Waals surface area contributed by atoms with Gasteiger partial charge < -0.3 is 0 Å². The fourth-order valence-electron chi connectivity index (χ4n) is 2.15. The third kappa shape index (κ3) is 4.39. The number of hydrogen-bond acceptors (Lipinski definition) is 5. The van der Waals surface area contributed by atoms with Crippen LogP contribution in [0.15, 0.2) is 60.0 Å². The molecule has 0 radical (unpaired) electrons. The van der Waals surface area contributed by atoms with Gasteiger partial charge in [-0.2, -0.15) is 0 Å². The number of rotatable bonds is 7. The minimum Gasteiger partial charge on any atom is -0.287 e. The van der Waals surface area contributed by atoms with Gasteiger partial charge in [0, 0.05) is 11.4 Å². The van der Waals surface area contributed by atoms with Crippen LogP contribution in [0.25, 0.3) is 0 Å². The predicted molar refractivity (Wildman–Crippen MR) is 98.0 cm³/mol. The minimum absolute atomic E-state index is 0.0200. The number of thiophene rings is 2. The van der Waals surface area contributed by atoms with Gasteiger partial charge in [-0.3, -0.25) is 4.79 Å². The van der Waals surface area contributed by atoms with Crippen LogP contribution in [0, 0.1) is 0 Å². The van der Waals surface area contributed by atoms with Crippen LogP contribution in [0.3, 0.4) is 0 Å². The summed E-state index contributed by atoms with van der Waals surface area (Å²) in [5, 5.41) is 1.86. The van der Waals surface area contributed by atoms with E-state index in [-0.39, 0.29) is 18.1 Å². The van der Waals surface area contributed by atoms with Gasteiger partial charge in [0.2, 0.25) is 15.8 Å². The van der Waals surface area contributed by atoms with Gasteiger partial charge in [0.25, 0.3) is 0 Å². The average Bonchev–Trinajstić information content (AvgIpc) is 3.25. The molecule has 0 amide bonds. The molecule has 0 fully saturated rings. The van der Waals surface area contributed by atoms with E-state index in [0.29, 0.717) is 9.75 Å². The molecule has 0 bridgehead atoms. The van der Waals surface area contributed by atoms with Crippen LogP contribution in [0.4, 0.5) is 0 Å². The summed E-state index contributed by atoms with van der Waals surface area (Å²) in [6.07, 6.45) is 0. The van der Waals surface area contributed by atoms with Crippen molar-refractivity contribution in [2.45, 2.75) is 12.3 Å². The molecule has 1 aromatic carbocycles. The second kappa shape index (κ2) is 7.40. The Hall–Kier alpha value is -1.80. The van der Waals surface area contributed by atoms with E-state index in [0.717, 1.165) is 10.4 Å². The lowest BCUT2D eigenvalue weighted by molar-refractivity contribution is 0.104. The zero-order valence-electron chi connectivity index (χ0n) is 12.6. The molecule has 3 aromatic rings. The molecule has 2 aromatic heterocycles. The molecule has 0 aliphatic rings. The Morgan fingerprint density at radius 1 is 0.958 bits per heavy atom. The normalized spacial score (nSPS) is 11.5. The number of sulfonamides is 1. The average molecular weight is 378 g/mol. The number of ketones is 1.